The van der Waals surface area contributed by atoms with Crippen LogP contribution < -0.4 is 10.6 Å². The van der Waals surface area contributed by atoms with Crippen LogP contribution in [0.15, 0.2) is 4.99 Å². The molecule has 0 radical (unpaired) electrons. The summed E-state index contributed by atoms with van der Waals surface area (Å²) in [6.07, 6.45) is 0. The van der Waals surface area contributed by atoms with Crippen molar-refractivity contribution < 1.29 is 13.2 Å². The molecule has 10 heteroatoms. The fraction of sp³-hybridized carbons (Fsp3) is 0.941. The van der Waals surface area contributed by atoms with Crippen molar-refractivity contribution in [2.24, 2.45) is 4.99 Å². The molecule has 0 unspecified atom stereocenters. The summed E-state index contributed by atoms with van der Waals surface area (Å²) in [5, 5.41) is 6.66. The molecule has 0 saturated carbocycles. The summed E-state index contributed by atoms with van der Waals surface area (Å²) in [5.74, 6) is 1.36. The first-order chi connectivity index (χ1) is 12.3. The van der Waals surface area contributed by atoms with Crippen LogP contribution >= 0.6 is 24.0 Å². The molecule has 2 heterocycles. The molecule has 2 N–H and O–H groups in total. The number of nitrogens with zero attached hydrogens (tertiary/aromatic N) is 3. The Morgan fingerprint density at radius 2 is 1.74 bits per heavy atom. The number of sulfone groups is 1. The molecule has 2 fully saturated rings. The molecule has 2 aliphatic heterocycles. The van der Waals surface area contributed by atoms with Crippen LogP contribution in [0.3, 0.4) is 0 Å². The zero-order chi connectivity index (χ0) is 19.0. The Balaban J connectivity index is 0.00000364. The van der Waals surface area contributed by atoms with Crippen molar-refractivity contribution >= 4 is 39.8 Å². The largest absolute Gasteiger partial charge is 0.379 e. The molecular weight excluding hydrogens is 481 g/mol. The lowest BCUT2D eigenvalue weighted by Crippen LogP contribution is -2.52. The van der Waals surface area contributed by atoms with E-state index in [0.717, 1.165) is 51.9 Å². The zero-order valence-corrected chi connectivity index (χ0v) is 20.0. The molecule has 0 aromatic carbocycles. The predicted molar refractivity (Wildman–Crippen MR) is 121 cm³/mol. The number of hydrogen-bond acceptors (Lipinski definition) is 6. The summed E-state index contributed by atoms with van der Waals surface area (Å²) >= 11 is 0. The fourth-order valence-corrected chi connectivity index (χ4v) is 4.47. The van der Waals surface area contributed by atoms with Crippen LogP contribution in [0.4, 0.5) is 0 Å². The first-order valence-electron chi connectivity index (χ1n) is 9.60. The third kappa shape index (κ3) is 8.80. The summed E-state index contributed by atoms with van der Waals surface area (Å²) in [7, 11) is -2.81. The van der Waals surface area contributed by atoms with Crippen LogP contribution in [0.5, 0.6) is 0 Å². The lowest BCUT2D eigenvalue weighted by Gasteiger charge is -2.40. The second kappa shape index (κ2) is 11.7. The van der Waals surface area contributed by atoms with Crippen molar-refractivity contribution in [3.63, 3.8) is 0 Å². The lowest BCUT2D eigenvalue weighted by molar-refractivity contribution is -0.00683. The summed E-state index contributed by atoms with van der Waals surface area (Å²) in [6.45, 7) is 14.3. The average Bonchev–Trinajstić information content (AvgIpc) is 2.62. The Labute approximate surface area is 181 Å². The molecule has 0 amide bonds. The van der Waals surface area contributed by atoms with E-state index in [0.29, 0.717) is 19.6 Å². The number of halogens is 1. The van der Waals surface area contributed by atoms with Gasteiger partial charge < -0.3 is 15.4 Å². The Hall–Kier alpha value is -0.170. The third-order valence-corrected chi connectivity index (χ3v) is 6.60. The number of hydrogen-bond donors (Lipinski definition) is 2. The smallest absolute Gasteiger partial charge is 0.191 e. The van der Waals surface area contributed by atoms with Crippen LogP contribution in [-0.2, 0) is 14.6 Å². The maximum Gasteiger partial charge on any atom is 0.191 e. The van der Waals surface area contributed by atoms with Gasteiger partial charge in [-0.2, -0.15) is 0 Å². The molecule has 160 valence electrons. The standard InChI is InChI=1S/C17H35N5O3S.HI/c1-4-18-16(19-5-6-21-9-13-26(23,24)14-10-21)20-15-17(2,3)22-7-11-25-12-8-22;/h4-15H2,1-3H3,(H2,18,19,20);1H. The first kappa shape index (κ1) is 24.9. The molecule has 0 aliphatic carbocycles. The minimum absolute atomic E-state index is 0. The van der Waals surface area contributed by atoms with E-state index < -0.39 is 9.84 Å². The number of morpholine rings is 1. The average molecular weight is 517 g/mol. The van der Waals surface area contributed by atoms with E-state index in [2.05, 4.69) is 41.2 Å². The molecule has 27 heavy (non-hydrogen) atoms. The summed E-state index contributed by atoms with van der Waals surface area (Å²) in [6, 6.07) is 0. The van der Waals surface area contributed by atoms with Gasteiger partial charge in [0.2, 0.25) is 0 Å². The van der Waals surface area contributed by atoms with Gasteiger partial charge in [-0.1, -0.05) is 0 Å². The summed E-state index contributed by atoms with van der Waals surface area (Å²) in [5.41, 5.74) is -0.00659. The van der Waals surface area contributed by atoms with Crippen molar-refractivity contribution in [1.82, 2.24) is 20.4 Å². The number of aliphatic imine (C=N–C) groups is 1. The van der Waals surface area contributed by atoms with Gasteiger partial charge in [-0.05, 0) is 20.8 Å². The van der Waals surface area contributed by atoms with E-state index in [1.807, 2.05) is 0 Å². The molecule has 8 nitrogen and oxygen atoms in total. The molecule has 0 spiro atoms. The topological polar surface area (TPSA) is 86.3 Å². The monoisotopic (exact) mass is 517 g/mol. The van der Waals surface area contributed by atoms with Gasteiger partial charge in [0.15, 0.2) is 15.8 Å². The van der Waals surface area contributed by atoms with Gasteiger partial charge in [0.05, 0.1) is 31.3 Å². The predicted octanol–water partition coefficient (Wildman–Crippen LogP) is 0.000700. The summed E-state index contributed by atoms with van der Waals surface area (Å²) < 4.78 is 28.4. The molecule has 0 bridgehead atoms. The van der Waals surface area contributed by atoms with Crippen molar-refractivity contribution in [2.45, 2.75) is 26.3 Å². The van der Waals surface area contributed by atoms with Gasteiger partial charge in [0.1, 0.15) is 0 Å². The van der Waals surface area contributed by atoms with Crippen LogP contribution in [-0.4, -0.2) is 107 Å². The van der Waals surface area contributed by atoms with Crippen LogP contribution in [0.25, 0.3) is 0 Å². The Morgan fingerprint density at radius 3 is 2.33 bits per heavy atom. The van der Waals surface area contributed by atoms with E-state index >= 15 is 0 Å². The van der Waals surface area contributed by atoms with Gasteiger partial charge in [0, 0.05) is 51.4 Å². The fourth-order valence-electron chi connectivity index (χ4n) is 3.19. The van der Waals surface area contributed by atoms with Crippen LogP contribution in [0.2, 0.25) is 0 Å². The molecule has 2 aliphatic rings. The Kier molecular flexibility index (Phi) is 10.8. The van der Waals surface area contributed by atoms with Gasteiger partial charge >= 0.3 is 0 Å². The van der Waals surface area contributed by atoms with E-state index in [-0.39, 0.29) is 41.0 Å². The Morgan fingerprint density at radius 1 is 1.11 bits per heavy atom. The van der Waals surface area contributed by atoms with Gasteiger partial charge in [-0.3, -0.25) is 14.8 Å². The quantitative estimate of drug-likeness (QED) is 0.280. The Bertz CT molecular complexity index is 551. The van der Waals surface area contributed by atoms with Crippen molar-refractivity contribution in [3.8, 4) is 0 Å². The van der Waals surface area contributed by atoms with E-state index in [9.17, 15) is 8.42 Å². The minimum Gasteiger partial charge on any atom is -0.379 e. The highest BCUT2D eigenvalue weighted by Crippen LogP contribution is 2.16. The normalized spacial score (nSPS) is 22.1. The molecule has 2 rings (SSSR count). The molecule has 2 saturated heterocycles. The van der Waals surface area contributed by atoms with Crippen LogP contribution in [0.1, 0.15) is 20.8 Å². The SMILES string of the molecule is CCNC(=NCC(C)(C)N1CCOCC1)NCCN1CCS(=O)(=O)CC1.I. The highest BCUT2D eigenvalue weighted by atomic mass is 127. The van der Waals surface area contributed by atoms with Gasteiger partial charge in [-0.25, -0.2) is 8.42 Å². The lowest BCUT2D eigenvalue weighted by atomic mass is 10.0. The maximum absolute atomic E-state index is 11.5. The number of nitrogens with one attached hydrogen (secondary N) is 2. The molecule has 0 atom stereocenters. The van der Waals surface area contributed by atoms with E-state index in [1.54, 1.807) is 0 Å². The molecule has 0 aromatic heterocycles. The number of ether oxygens (including phenoxy) is 1. The maximum atomic E-state index is 11.5. The zero-order valence-electron chi connectivity index (χ0n) is 16.9. The van der Waals surface area contributed by atoms with Crippen molar-refractivity contribution in [3.05, 3.63) is 0 Å². The summed E-state index contributed by atoms with van der Waals surface area (Å²) in [4.78, 5) is 9.38. The highest BCUT2D eigenvalue weighted by Gasteiger charge is 2.28. The minimum atomic E-state index is -2.81. The van der Waals surface area contributed by atoms with Crippen molar-refractivity contribution in [2.75, 3.05) is 77.1 Å². The second-order valence-corrected chi connectivity index (χ2v) is 9.83. The highest BCUT2D eigenvalue weighted by molar-refractivity contribution is 14.0. The van der Waals surface area contributed by atoms with E-state index in [1.165, 1.54) is 0 Å². The number of guanidine groups is 1. The third-order valence-electron chi connectivity index (χ3n) is 4.99. The first-order valence-corrected chi connectivity index (χ1v) is 11.4. The molecule has 0 aromatic rings. The second-order valence-electron chi connectivity index (χ2n) is 7.53. The number of rotatable bonds is 7. The van der Waals surface area contributed by atoms with E-state index in [4.69, 9.17) is 9.73 Å². The van der Waals surface area contributed by atoms with Gasteiger partial charge in [0.25, 0.3) is 0 Å². The van der Waals surface area contributed by atoms with Crippen LogP contribution in [0, 0.1) is 0 Å². The van der Waals surface area contributed by atoms with Crippen molar-refractivity contribution in [1.29, 1.82) is 0 Å². The molecular formula is C17H36IN5O3S. The van der Waals surface area contributed by atoms with Gasteiger partial charge in [-0.15, -0.1) is 24.0 Å².